The lowest BCUT2D eigenvalue weighted by Gasteiger charge is -2.37. The Hall–Kier alpha value is -2.66. The number of rotatable bonds is 8. The molecule has 1 aliphatic heterocycles. The summed E-state index contributed by atoms with van der Waals surface area (Å²) < 4.78 is 22.1. The Balaban J connectivity index is 2.42. The van der Waals surface area contributed by atoms with Gasteiger partial charge in [-0.3, -0.25) is 19.7 Å². The van der Waals surface area contributed by atoms with E-state index >= 15 is 0 Å². The molecule has 1 amide bonds. The summed E-state index contributed by atoms with van der Waals surface area (Å²) >= 11 is 0. The van der Waals surface area contributed by atoms with Crippen molar-refractivity contribution < 1.29 is 33.1 Å². The predicted molar refractivity (Wildman–Crippen MR) is 124 cm³/mol. The number of nitrogens with zero attached hydrogens (tertiary/aromatic N) is 2. The summed E-state index contributed by atoms with van der Waals surface area (Å²) in [6, 6.07) is 2.08. The smallest absolute Gasteiger partial charge is 0.302 e. The zero-order valence-corrected chi connectivity index (χ0v) is 21.6. The van der Waals surface area contributed by atoms with Gasteiger partial charge in [0.2, 0.25) is 0 Å². The third-order valence-corrected chi connectivity index (χ3v) is 10.8. The molecule has 0 bridgehead atoms. The first-order valence-corrected chi connectivity index (χ1v) is 13.6. The van der Waals surface area contributed by atoms with Crippen LogP contribution in [0.25, 0.3) is 0 Å². The minimum absolute atomic E-state index is 0.0299. The number of benzene rings is 1. The number of amides is 1. The zero-order valence-electron chi connectivity index (χ0n) is 20.6. The van der Waals surface area contributed by atoms with Gasteiger partial charge in [-0.15, -0.1) is 0 Å². The summed E-state index contributed by atoms with van der Waals surface area (Å²) in [6.07, 6.45) is -0.125. The van der Waals surface area contributed by atoms with E-state index in [9.17, 15) is 19.7 Å². The second kappa shape index (κ2) is 10.1. The average molecular weight is 483 g/mol. The highest BCUT2D eigenvalue weighted by Crippen LogP contribution is 2.38. The highest BCUT2D eigenvalue weighted by molar-refractivity contribution is 6.74. The first-order valence-electron chi connectivity index (χ1n) is 10.7. The highest BCUT2D eigenvalue weighted by atomic mass is 28.4. The molecular formula is C22H34N2O8Si. The largest absolute Gasteiger partial charge is 0.493 e. The summed E-state index contributed by atoms with van der Waals surface area (Å²) in [6.45, 7) is 12.2. The molecule has 0 saturated carbocycles. The van der Waals surface area contributed by atoms with Gasteiger partial charge >= 0.3 is 5.97 Å². The molecule has 33 heavy (non-hydrogen) atoms. The van der Waals surface area contributed by atoms with Gasteiger partial charge in [0.05, 0.1) is 44.4 Å². The fourth-order valence-electron chi connectivity index (χ4n) is 3.47. The van der Waals surface area contributed by atoms with Crippen molar-refractivity contribution in [3.63, 3.8) is 0 Å². The molecule has 1 aliphatic rings. The molecule has 1 heterocycles. The predicted octanol–water partition coefficient (Wildman–Crippen LogP) is 3.78. The van der Waals surface area contributed by atoms with Gasteiger partial charge in [-0.05, 0) is 18.1 Å². The molecule has 1 aromatic carbocycles. The Bertz CT molecular complexity index is 912. The molecule has 0 radical (unpaired) electrons. The molecule has 1 fully saturated rings. The van der Waals surface area contributed by atoms with Gasteiger partial charge in [0.25, 0.3) is 11.6 Å². The van der Waals surface area contributed by atoms with Crippen molar-refractivity contribution in [1.29, 1.82) is 0 Å². The van der Waals surface area contributed by atoms with Gasteiger partial charge in [-0.1, -0.05) is 20.8 Å². The quantitative estimate of drug-likeness (QED) is 0.238. The summed E-state index contributed by atoms with van der Waals surface area (Å²) in [5.74, 6) is -0.648. The van der Waals surface area contributed by atoms with E-state index in [1.54, 1.807) is 0 Å². The maximum atomic E-state index is 13.5. The SMILES string of the molecule is COc1cc(C(=O)N2C[C@H](OC(C)=O)C[C@H]2CO[Si](C)(C)C(C)(C)C)c([N+](=O)[O-])cc1OC. The molecule has 11 heteroatoms. The van der Waals surface area contributed by atoms with Gasteiger partial charge in [0, 0.05) is 19.4 Å². The van der Waals surface area contributed by atoms with Gasteiger partial charge in [-0.25, -0.2) is 0 Å². The van der Waals surface area contributed by atoms with Crippen LogP contribution in [0.3, 0.4) is 0 Å². The number of ether oxygens (including phenoxy) is 3. The third kappa shape index (κ3) is 6.02. The van der Waals surface area contributed by atoms with Gasteiger partial charge < -0.3 is 23.5 Å². The zero-order chi connectivity index (χ0) is 25.1. The number of hydrogen-bond acceptors (Lipinski definition) is 8. The van der Waals surface area contributed by atoms with E-state index < -0.39 is 43.0 Å². The van der Waals surface area contributed by atoms with Crippen molar-refractivity contribution in [3.05, 3.63) is 27.8 Å². The Morgan fingerprint density at radius 1 is 1.18 bits per heavy atom. The normalized spacial score (nSPS) is 18.7. The van der Waals surface area contributed by atoms with Crippen LogP contribution in [-0.2, 0) is 14.0 Å². The van der Waals surface area contributed by atoms with E-state index in [0.29, 0.717) is 6.42 Å². The molecule has 1 saturated heterocycles. The van der Waals surface area contributed by atoms with E-state index in [1.165, 1.54) is 38.2 Å². The van der Waals surface area contributed by atoms with Crippen LogP contribution in [0.15, 0.2) is 12.1 Å². The summed E-state index contributed by atoms with van der Waals surface area (Å²) in [4.78, 5) is 37.7. The Morgan fingerprint density at radius 2 is 1.76 bits per heavy atom. The first-order chi connectivity index (χ1) is 15.2. The Labute approximate surface area is 195 Å². The summed E-state index contributed by atoms with van der Waals surface area (Å²) in [5, 5.41) is 11.7. The molecule has 1 aromatic rings. The topological polar surface area (TPSA) is 117 Å². The maximum Gasteiger partial charge on any atom is 0.302 e. The Morgan fingerprint density at radius 3 is 2.24 bits per heavy atom. The lowest BCUT2D eigenvalue weighted by molar-refractivity contribution is -0.385. The number of nitro benzene ring substituents is 1. The van der Waals surface area contributed by atoms with Crippen LogP contribution in [0.5, 0.6) is 11.5 Å². The Kier molecular flexibility index (Phi) is 8.12. The number of hydrogen-bond donors (Lipinski definition) is 0. The minimum Gasteiger partial charge on any atom is -0.493 e. The second-order valence-electron chi connectivity index (χ2n) is 9.63. The van der Waals surface area contributed by atoms with Crippen LogP contribution in [0, 0.1) is 10.1 Å². The highest BCUT2D eigenvalue weighted by Gasteiger charge is 2.43. The molecule has 2 atom stereocenters. The van der Waals surface area contributed by atoms with E-state index in [2.05, 4.69) is 33.9 Å². The van der Waals surface area contributed by atoms with Gasteiger partial charge in [0.15, 0.2) is 19.8 Å². The molecular weight excluding hydrogens is 448 g/mol. The molecule has 0 aliphatic carbocycles. The molecule has 2 rings (SSSR count). The number of carbonyl (C=O) groups is 2. The number of esters is 1. The van der Waals surface area contributed by atoms with Crippen molar-refractivity contribution in [1.82, 2.24) is 4.90 Å². The molecule has 0 aromatic heterocycles. The molecule has 0 unspecified atom stereocenters. The molecule has 184 valence electrons. The molecule has 0 spiro atoms. The number of methoxy groups -OCH3 is 2. The van der Waals surface area contributed by atoms with Crippen LogP contribution in [0.2, 0.25) is 18.1 Å². The van der Waals surface area contributed by atoms with Crippen LogP contribution in [-0.4, -0.2) is 69.5 Å². The van der Waals surface area contributed by atoms with Crippen molar-refractivity contribution in [3.8, 4) is 11.5 Å². The van der Waals surface area contributed by atoms with E-state index in [4.69, 9.17) is 18.6 Å². The van der Waals surface area contributed by atoms with E-state index in [1.807, 2.05) is 0 Å². The fraction of sp³-hybridized carbons (Fsp3) is 0.636. The van der Waals surface area contributed by atoms with Crippen LogP contribution < -0.4 is 9.47 Å². The first kappa shape index (κ1) is 26.6. The fourth-order valence-corrected chi connectivity index (χ4v) is 4.51. The summed E-state index contributed by atoms with van der Waals surface area (Å²) in [7, 11) is 0.635. The second-order valence-corrected chi connectivity index (χ2v) is 14.4. The van der Waals surface area contributed by atoms with E-state index in [-0.39, 0.29) is 35.3 Å². The average Bonchev–Trinajstić information content (AvgIpc) is 3.11. The van der Waals surface area contributed by atoms with E-state index in [0.717, 1.165) is 0 Å². The van der Waals surface area contributed by atoms with Crippen LogP contribution in [0.4, 0.5) is 5.69 Å². The number of nitro groups is 1. The van der Waals surface area contributed by atoms with Crippen LogP contribution >= 0.6 is 0 Å². The lowest BCUT2D eigenvalue weighted by atomic mass is 10.1. The monoisotopic (exact) mass is 482 g/mol. The van der Waals surface area contributed by atoms with Crippen molar-refractivity contribution in [2.24, 2.45) is 0 Å². The number of likely N-dealkylation sites (tertiary alicyclic amines) is 1. The minimum atomic E-state index is -2.12. The van der Waals surface area contributed by atoms with Crippen molar-refractivity contribution in [2.45, 2.75) is 64.4 Å². The summed E-state index contributed by atoms with van der Waals surface area (Å²) in [5.41, 5.74) is -0.517. The number of carbonyl (C=O) groups excluding carboxylic acids is 2. The molecule has 10 nitrogen and oxygen atoms in total. The molecule has 0 N–H and O–H groups in total. The maximum absolute atomic E-state index is 13.5. The lowest BCUT2D eigenvalue weighted by Crippen LogP contribution is -2.46. The van der Waals surface area contributed by atoms with Gasteiger partial charge in [0.1, 0.15) is 11.7 Å². The standard InChI is InChI=1S/C22H34N2O8Si/c1-14(25)32-16-9-15(13-31-33(7,8)22(2,3)4)23(12-16)21(26)17-10-19(29-5)20(30-6)11-18(17)24(27)28/h10-11,15-16H,9,12-13H2,1-8H3/t15-,16+/m0/s1. The van der Waals surface area contributed by atoms with Crippen molar-refractivity contribution in [2.75, 3.05) is 27.4 Å². The van der Waals surface area contributed by atoms with Crippen molar-refractivity contribution >= 4 is 25.9 Å². The van der Waals surface area contributed by atoms with Crippen LogP contribution in [0.1, 0.15) is 44.5 Å². The third-order valence-electron chi connectivity index (χ3n) is 6.34. The van der Waals surface area contributed by atoms with Gasteiger partial charge in [-0.2, -0.15) is 0 Å².